The van der Waals surface area contributed by atoms with Gasteiger partial charge in [0.2, 0.25) is 0 Å². The molecule has 1 aromatic heterocycles. The van der Waals surface area contributed by atoms with Crippen LogP contribution in [0.4, 0.5) is 0 Å². The summed E-state index contributed by atoms with van der Waals surface area (Å²) in [4.78, 5) is 8.11. The van der Waals surface area contributed by atoms with E-state index in [9.17, 15) is 0 Å². The van der Waals surface area contributed by atoms with Crippen molar-refractivity contribution in [1.82, 2.24) is 15.5 Å². The first-order valence-electron chi connectivity index (χ1n) is 7.85. The van der Waals surface area contributed by atoms with Crippen LogP contribution >= 0.6 is 11.3 Å². The number of nitrogens with zero attached hydrogens (tertiary/aromatic N) is 2. The lowest BCUT2D eigenvalue weighted by Crippen LogP contribution is -2.38. The van der Waals surface area contributed by atoms with Crippen LogP contribution in [0, 0.1) is 12.8 Å². The molecule has 0 bridgehead atoms. The normalized spacial score (nSPS) is 18.0. The number of rotatable bonds is 5. The Labute approximate surface area is 132 Å². The van der Waals surface area contributed by atoms with Gasteiger partial charge in [0.25, 0.3) is 0 Å². The molecule has 1 saturated heterocycles. The van der Waals surface area contributed by atoms with Gasteiger partial charge in [0.15, 0.2) is 5.96 Å². The predicted molar refractivity (Wildman–Crippen MR) is 92.1 cm³/mol. The molecule has 0 aliphatic carbocycles. The maximum Gasteiger partial charge on any atom is 0.191 e. The molecule has 118 valence electrons. The fourth-order valence-corrected chi connectivity index (χ4v) is 3.56. The van der Waals surface area contributed by atoms with E-state index in [1.165, 1.54) is 42.8 Å². The maximum atomic E-state index is 4.30. The molecule has 0 spiro atoms. The molecule has 1 fully saturated rings. The molecule has 2 heterocycles. The highest BCUT2D eigenvalue weighted by atomic mass is 32.1. The van der Waals surface area contributed by atoms with Crippen molar-refractivity contribution < 1.29 is 0 Å². The molecule has 0 radical (unpaired) electrons. The van der Waals surface area contributed by atoms with Crippen LogP contribution in [0.2, 0.25) is 0 Å². The summed E-state index contributed by atoms with van der Waals surface area (Å²) in [5.41, 5.74) is 1.36. The topological polar surface area (TPSA) is 39.7 Å². The molecule has 1 aliphatic rings. The van der Waals surface area contributed by atoms with Gasteiger partial charge < -0.3 is 15.5 Å². The van der Waals surface area contributed by atoms with Crippen molar-refractivity contribution in [3.05, 3.63) is 21.9 Å². The summed E-state index contributed by atoms with van der Waals surface area (Å²) < 4.78 is 0. The second kappa shape index (κ2) is 8.39. The number of hydrogen-bond acceptors (Lipinski definition) is 3. The molecule has 0 atom stereocenters. The van der Waals surface area contributed by atoms with E-state index >= 15 is 0 Å². The van der Waals surface area contributed by atoms with Crippen LogP contribution in [0.5, 0.6) is 0 Å². The van der Waals surface area contributed by atoms with Crippen molar-refractivity contribution in [2.24, 2.45) is 10.9 Å². The summed E-state index contributed by atoms with van der Waals surface area (Å²) in [6.07, 6.45) is 3.91. The van der Waals surface area contributed by atoms with Crippen LogP contribution in [-0.2, 0) is 6.54 Å². The van der Waals surface area contributed by atoms with Gasteiger partial charge in [-0.05, 0) is 69.3 Å². The Balaban J connectivity index is 1.65. The summed E-state index contributed by atoms with van der Waals surface area (Å²) in [5.74, 6) is 1.78. The minimum Gasteiger partial charge on any atom is -0.356 e. The Morgan fingerprint density at radius 1 is 1.38 bits per heavy atom. The van der Waals surface area contributed by atoms with Gasteiger partial charge in [0.1, 0.15) is 0 Å². The van der Waals surface area contributed by atoms with Crippen molar-refractivity contribution in [2.45, 2.75) is 32.7 Å². The van der Waals surface area contributed by atoms with Crippen LogP contribution in [0.3, 0.4) is 0 Å². The zero-order valence-electron chi connectivity index (χ0n) is 13.5. The van der Waals surface area contributed by atoms with E-state index in [1.807, 2.05) is 7.05 Å². The standard InChI is InChI=1S/C16H28N4S/c1-13-7-11-21-15(13)12-19-16(17-2)18-8-4-14-5-9-20(3)10-6-14/h7,11,14H,4-6,8-10,12H2,1-3H3,(H2,17,18,19). The lowest BCUT2D eigenvalue weighted by Gasteiger charge is -2.29. The second-order valence-electron chi connectivity index (χ2n) is 5.91. The monoisotopic (exact) mass is 308 g/mol. The minimum absolute atomic E-state index is 0.859. The Bertz CT molecular complexity index is 447. The van der Waals surface area contributed by atoms with E-state index < -0.39 is 0 Å². The third kappa shape index (κ3) is 5.32. The number of nitrogens with one attached hydrogen (secondary N) is 2. The molecule has 0 amide bonds. The second-order valence-corrected chi connectivity index (χ2v) is 6.92. The number of guanidine groups is 1. The zero-order valence-corrected chi connectivity index (χ0v) is 14.3. The maximum absolute atomic E-state index is 4.30. The van der Waals surface area contributed by atoms with Crippen molar-refractivity contribution in [1.29, 1.82) is 0 Å². The molecular formula is C16H28N4S. The van der Waals surface area contributed by atoms with Crippen LogP contribution in [0.1, 0.15) is 29.7 Å². The van der Waals surface area contributed by atoms with Gasteiger partial charge in [-0.25, -0.2) is 0 Å². The van der Waals surface area contributed by atoms with E-state index in [2.05, 4.69) is 45.9 Å². The van der Waals surface area contributed by atoms with Crippen LogP contribution in [0.15, 0.2) is 16.4 Å². The molecule has 1 aromatic rings. The van der Waals surface area contributed by atoms with E-state index in [-0.39, 0.29) is 0 Å². The van der Waals surface area contributed by atoms with Crippen molar-refractivity contribution in [3.63, 3.8) is 0 Å². The number of piperidine rings is 1. The number of aliphatic imine (C=N–C) groups is 1. The lowest BCUT2D eigenvalue weighted by molar-refractivity contribution is 0.213. The number of hydrogen-bond donors (Lipinski definition) is 2. The molecule has 1 aliphatic heterocycles. The Morgan fingerprint density at radius 2 is 2.14 bits per heavy atom. The van der Waals surface area contributed by atoms with E-state index in [0.717, 1.165) is 25.0 Å². The number of thiophene rings is 1. The summed E-state index contributed by atoms with van der Waals surface area (Å²) in [5, 5.41) is 8.98. The molecule has 21 heavy (non-hydrogen) atoms. The van der Waals surface area contributed by atoms with Crippen LogP contribution in [-0.4, -0.2) is 44.6 Å². The molecule has 0 aromatic carbocycles. The van der Waals surface area contributed by atoms with E-state index in [1.54, 1.807) is 11.3 Å². The summed E-state index contributed by atoms with van der Waals surface area (Å²) >= 11 is 1.80. The van der Waals surface area contributed by atoms with Crippen molar-refractivity contribution in [3.8, 4) is 0 Å². The Kier molecular flexibility index (Phi) is 6.51. The first-order chi connectivity index (χ1) is 10.2. The van der Waals surface area contributed by atoms with E-state index in [4.69, 9.17) is 0 Å². The predicted octanol–water partition coefficient (Wildman–Crippen LogP) is 2.45. The third-order valence-electron chi connectivity index (χ3n) is 4.29. The molecule has 2 N–H and O–H groups in total. The average molecular weight is 308 g/mol. The van der Waals surface area contributed by atoms with Gasteiger partial charge in [-0.3, -0.25) is 4.99 Å². The van der Waals surface area contributed by atoms with Crippen LogP contribution < -0.4 is 10.6 Å². The summed E-state index contributed by atoms with van der Waals surface area (Å²) in [7, 11) is 4.05. The van der Waals surface area contributed by atoms with Crippen molar-refractivity contribution in [2.75, 3.05) is 33.7 Å². The average Bonchev–Trinajstić information content (AvgIpc) is 2.90. The quantitative estimate of drug-likeness (QED) is 0.648. The highest BCUT2D eigenvalue weighted by Gasteiger charge is 2.16. The highest BCUT2D eigenvalue weighted by molar-refractivity contribution is 7.10. The van der Waals surface area contributed by atoms with Gasteiger partial charge >= 0.3 is 0 Å². The van der Waals surface area contributed by atoms with Gasteiger partial charge in [0, 0.05) is 18.5 Å². The molecule has 4 nitrogen and oxygen atoms in total. The number of likely N-dealkylation sites (tertiary alicyclic amines) is 1. The van der Waals surface area contributed by atoms with Gasteiger partial charge in [-0.1, -0.05) is 0 Å². The lowest BCUT2D eigenvalue weighted by atomic mass is 9.94. The SMILES string of the molecule is CN=C(NCCC1CCN(C)CC1)NCc1sccc1C. The first kappa shape index (κ1) is 16.3. The molecule has 0 saturated carbocycles. The Morgan fingerprint density at radius 3 is 2.76 bits per heavy atom. The largest absolute Gasteiger partial charge is 0.356 e. The summed E-state index contributed by atoms with van der Waals surface area (Å²) in [6, 6.07) is 2.16. The highest BCUT2D eigenvalue weighted by Crippen LogP contribution is 2.18. The molecular weight excluding hydrogens is 280 g/mol. The zero-order chi connectivity index (χ0) is 15.1. The third-order valence-corrected chi connectivity index (χ3v) is 5.31. The van der Waals surface area contributed by atoms with Gasteiger partial charge in [-0.2, -0.15) is 0 Å². The molecule has 0 unspecified atom stereocenters. The van der Waals surface area contributed by atoms with Gasteiger partial charge in [0.05, 0.1) is 6.54 Å². The molecule has 5 heteroatoms. The first-order valence-corrected chi connectivity index (χ1v) is 8.73. The van der Waals surface area contributed by atoms with Crippen LogP contribution in [0.25, 0.3) is 0 Å². The fourth-order valence-electron chi connectivity index (χ4n) is 2.72. The summed E-state index contributed by atoms with van der Waals surface area (Å²) in [6.45, 7) is 6.52. The number of aryl methyl sites for hydroxylation is 1. The minimum atomic E-state index is 0.859. The fraction of sp³-hybridized carbons (Fsp3) is 0.688. The van der Waals surface area contributed by atoms with E-state index in [0.29, 0.717) is 0 Å². The smallest absolute Gasteiger partial charge is 0.191 e. The van der Waals surface area contributed by atoms with Crippen molar-refractivity contribution >= 4 is 17.3 Å². The molecule has 2 rings (SSSR count). The Hall–Kier alpha value is -1.07. The van der Waals surface area contributed by atoms with Gasteiger partial charge in [-0.15, -0.1) is 11.3 Å².